The number of esters is 1. The van der Waals surface area contributed by atoms with Crippen LogP contribution in [0.3, 0.4) is 0 Å². The molecule has 0 unspecified atom stereocenters. The zero-order chi connectivity index (χ0) is 13.7. The smallest absolute Gasteiger partial charge is 0.340 e. The number of anilines is 1. The minimum atomic E-state index is -0.937. The highest BCUT2D eigenvalue weighted by Crippen LogP contribution is 2.28. The van der Waals surface area contributed by atoms with Gasteiger partial charge in [0.05, 0.1) is 19.1 Å². The van der Waals surface area contributed by atoms with E-state index >= 15 is 0 Å². The van der Waals surface area contributed by atoms with Crippen LogP contribution in [0.2, 0.25) is 0 Å². The van der Waals surface area contributed by atoms with Gasteiger partial charge in [-0.2, -0.15) is 0 Å². The Balaban J connectivity index is 2.86. The summed E-state index contributed by atoms with van der Waals surface area (Å²) >= 11 is 1.12. The molecule has 0 bridgehead atoms. The number of carbonyl (C=O) groups excluding carboxylic acids is 1. The summed E-state index contributed by atoms with van der Waals surface area (Å²) in [5.41, 5.74) is 5.63. The number of ether oxygens (including phenoxy) is 1. The van der Waals surface area contributed by atoms with Crippen molar-refractivity contribution in [3.05, 3.63) is 23.5 Å². The van der Waals surface area contributed by atoms with Crippen LogP contribution in [-0.4, -0.2) is 29.9 Å². The van der Waals surface area contributed by atoms with Crippen LogP contribution in [0.5, 0.6) is 0 Å². The van der Waals surface area contributed by atoms with E-state index in [1.54, 1.807) is 0 Å². The third kappa shape index (κ3) is 3.63. The van der Waals surface area contributed by atoms with Gasteiger partial charge in [-0.1, -0.05) is 0 Å². The minimum Gasteiger partial charge on any atom is -0.481 e. The molecule has 0 aromatic heterocycles. The molecule has 0 fully saturated rings. The summed E-state index contributed by atoms with van der Waals surface area (Å²) in [6.45, 7) is 0. The lowest BCUT2D eigenvalue weighted by atomic mass is 10.2. The van der Waals surface area contributed by atoms with Crippen molar-refractivity contribution in [1.29, 1.82) is 0 Å². The van der Waals surface area contributed by atoms with Crippen molar-refractivity contribution >= 4 is 29.4 Å². The molecule has 3 N–H and O–H groups in total. The molecule has 0 heterocycles. The maximum Gasteiger partial charge on any atom is 0.340 e. The fraction of sp³-hybridized carbons (Fsp3) is 0.273. The number of carbonyl (C=O) groups is 2. The van der Waals surface area contributed by atoms with Crippen LogP contribution >= 0.6 is 11.8 Å². The van der Waals surface area contributed by atoms with E-state index in [1.165, 1.54) is 6.07 Å². The number of rotatable bonds is 5. The summed E-state index contributed by atoms with van der Waals surface area (Å²) < 4.78 is 18.0. The number of halogens is 1. The van der Waals surface area contributed by atoms with Crippen LogP contribution in [0.15, 0.2) is 17.0 Å². The molecule has 1 aromatic rings. The zero-order valence-corrected chi connectivity index (χ0v) is 10.4. The molecular weight excluding hydrogens is 261 g/mol. The second kappa shape index (κ2) is 6.25. The zero-order valence-electron chi connectivity index (χ0n) is 9.60. The topological polar surface area (TPSA) is 89.6 Å². The SMILES string of the molecule is COC(=O)c1cc(N)c(SCCC(=O)O)cc1F. The maximum absolute atomic E-state index is 13.6. The number of hydrogen-bond donors (Lipinski definition) is 2. The summed E-state index contributed by atoms with van der Waals surface area (Å²) in [5, 5.41) is 8.48. The first-order valence-corrected chi connectivity index (χ1v) is 5.96. The van der Waals surface area contributed by atoms with Gasteiger partial charge in [-0.15, -0.1) is 11.8 Å². The van der Waals surface area contributed by atoms with E-state index in [-0.39, 0.29) is 23.4 Å². The number of nitrogens with two attached hydrogens (primary N) is 1. The molecule has 5 nitrogen and oxygen atoms in total. The van der Waals surface area contributed by atoms with E-state index in [0.717, 1.165) is 24.9 Å². The van der Waals surface area contributed by atoms with E-state index in [4.69, 9.17) is 10.8 Å². The predicted octanol–water partition coefficient (Wildman–Crippen LogP) is 1.76. The Bertz CT molecular complexity index is 478. The molecule has 18 heavy (non-hydrogen) atoms. The summed E-state index contributed by atoms with van der Waals surface area (Å²) in [5.74, 6) is -2.21. The van der Waals surface area contributed by atoms with Gasteiger partial charge in [-0.05, 0) is 12.1 Å². The van der Waals surface area contributed by atoms with Crippen molar-refractivity contribution in [2.24, 2.45) is 0 Å². The standard InChI is InChI=1S/C11H12FNO4S/c1-17-11(16)6-4-8(13)9(5-7(6)12)18-3-2-10(14)15/h4-5H,2-3,13H2,1H3,(H,14,15). The molecule has 0 amide bonds. The number of nitrogen functional groups attached to an aromatic ring is 1. The van der Waals surface area contributed by atoms with Crippen molar-refractivity contribution in [1.82, 2.24) is 0 Å². The van der Waals surface area contributed by atoms with Crippen LogP contribution in [0, 0.1) is 5.82 Å². The normalized spacial score (nSPS) is 10.1. The van der Waals surface area contributed by atoms with Crippen molar-refractivity contribution < 1.29 is 23.8 Å². The number of hydrogen-bond acceptors (Lipinski definition) is 5. The average Bonchev–Trinajstić information content (AvgIpc) is 2.31. The molecule has 1 rings (SSSR count). The number of carboxylic acids is 1. The lowest BCUT2D eigenvalue weighted by Crippen LogP contribution is -2.06. The second-order valence-corrected chi connectivity index (χ2v) is 4.49. The van der Waals surface area contributed by atoms with E-state index in [9.17, 15) is 14.0 Å². The number of thioether (sulfide) groups is 1. The lowest BCUT2D eigenvalue weighted by molar-refractivity contribution is -0.136. The van der Waals surface area contributed by atoms with Crippen molar-refractivity contribution in [2.75, 3.05) is 18.6 Å². The molecule has 98 valence electrons. The van der Waals surface area contributed by atoms with E-state index in [0.29, 0.717) is 4.90 Å². The fourth-order valence-electron chi connectivity index (χ4n) is 1.21. The Labute approximate surface area is 107 Å². The average molecular weight is 273 g/mol. The summed E-state index contributed by atoms with van der Waals surface area (Å²) in [4.78, 5) is 21.9. The number of carboxylic acid groups (broad SMARTS) is 1. The third-order valence-corrected chi connectivity index (χ3v) is 3.15. The summed E-state index contributed by atoms with van der Waals surface area (Å²) in [6.07, 6.45) is -0.0511. The van der Waals surface area contributed by atoms with Gasteiger partial charge in [-0.25, -0.2) is 9.18 Å². The van der Waals surface area contributed by atoms with Crippen LogP contribution in [0.1, 0.15) is 16.8 Å². The summed E-state index contributed by atoms with van der Waals surface area (Å²) in [7, 11) is 1.15. The fourth-order valence-corrected chi connectivity index (χ4v) is 2.12. The number of aliphatic carboxylic acids is 1. The highest BCUT2D eigenvalue weighted by Gasteiger charge is 2.15. The minimum absolute atomic E-state index is 0.0511. The number of benzene rings is 1. The second-order valence-electron chi connectivity index (χ2n) is 3.35. The molecule has 0 radical (unpaired) electrons. The van der Waals surface area contributed by atoms with Gasteiger partial charge in [0, 0.05) is 16.3 Å². The first-order valence-electron chi connectivity index (χ1n) is 4.97. The molecule has 0 saturated carbocycles. The van der Waals surface area contributed by atoms with Gasteiger partial charge in [0.1, 0.15) is 5.82 Å². The molecule has 0 aliphatic heterocycles. The predicted molar refractivity (Wildman–Crippen MR) is 65.1 cm³/mol. The Kier molecular flexibility index (Phi) is 4.96. The maximum atomic E-state index is 13.6. The molecule has 0 atom stereocenters. The molecule has 0 aliphatic carbocycles. The van der Waals surface area contributed by atoms with Crippen molar-refractivity contribution in [3.8, 4) is 0 Å². The van der Waals surface area contributed by atoms with E-state index in [1.807, 2.05) is 0 Å². The quantitative estimate of drug-likeness (QED) is 0.482. The molecule has 7 heteroatoms. The lowest BCUT2D eigenvalue weighted by Gasteiger charge is -2.08. The Morgan fingerprint density at radius 3 is 2.72 bits per heavy atom. The highest BCUT2D eigenvalue weighted by atomic mass is 32.2. The van der Waals surface area contributed by atoms with Gasteiger partial charge < -0.3 is 15.6 Å². The Morgan fingerprint density at radius 2 is 2.17 bits per heavy atom. The Morgan fingerprint density at radius 1 is 1.50 bits per heavy atom. The molecular formula is C11H12FNO4S. The Hall–Kier alpha value is -1.76. The van der Waals surface area contributed by atoms with Gasteiger partial charge in [0.25, 0.3) is 0 Å². The van der Waals surface area contributed by atoms with Crippen LogP contribution < -0.4 is 5.73 Å². The van der Waals surface area contributed by atoms with Crippen molar-refractivity contribution in [2.45, 2.75) is 11.3 Å². The van der Waals surface area contributed by atoms with Crippen LogP contribution in [0.25, 0.3) is 0 Å². The largest absolute Gasteiger partial charge is 0.481 e. The van der Waals surface area contributed by atoms with Crippen LogP contribution in [0.4, 0.5) is 10.1 Å². The van der Waals surface area contributed by atoms with E-state index in [2.05, 4.69) is 4.74 Å². The first kappa shape index (κ1) is 14.3. The molecule has 0 spiro atoms. The molecule has 0 saturated heterocycles. The van der Waals surface area contributed by atoms with Gasteiger partial charge in [0.2, 0.25) is 0 Å². The van der Waals surface area contributed by atoms with Crippen molar-refractivity contribution in [3.63, 3.8) is 0 Å². The monoisotopic (exact) mass is 273 g/mol. The van der Waals surface area contributed by atoms with Gasteiger partial charge in [-0.3, -0.25) is 4.79 Å². The van der Waals surface area contributed by atoms with Crippen LogP contribution in [-0.2, 0) is 9.53 Å². The molecule has 0 aliphatic rings. The third-order valence-electron chi connectivity index (χ3n) is 2.08. The molecule has 1 aromatic carbocycles. The first-order chi connectivity index (χ1) is 8.45. The highest BCUT2D eigenvalue weighted by molar-refractivity contribution is 7.99. The van der Waals surface area contributed by atoms with Gasteiger partial charge in [0.15, 0.2) is 0 Å². The van der Waals surface area contributed by atoms with Gasteiger partial charge >= 0.3 is 11.9 Å². The number of methoxy groups -OCH3 is 1. The van der Waals surface area contributed by atoms with E-state index < -0.39 is 17.8 Å². The summed E-state index contributed by atoms with van der Waals surface area (Å²) in [6, 6.07) is 2.29.